The van der Waals surface area contributed by atoms with Crippen LogP contribution in [0.1, 0.15) is 18.1 Å². The van der Waals surface area contributed by atoms with Gasteiger partial charge < -0.3 is 4.57 Å². The molecule has 2 rings (SSSR count). The molecule has 2 aromatic rings. The highest BCUT2D eigenvalue weighted by molar-refractivity contribution is 6.20. The lowest BCUT2D eigenvalue weighted by atomic mass is 10.3. The van der Waals surface area contributed by atoms with Gasteiger partial charge >= 0.3 is 0 Å². The molecule has 0 spiro atoms. The van der Waals surface area contributed by atoms with E-state index in [1.54, 1.807) is 6.20 Å². The first-order valence-electron chi connectivity index (χ1n) is 4.52. The first-order valence-corrected chi connectivity index (χ1v) is 4.95. The van der Waals surface area contributed by atoms with Crippen molar-refractivity contribution in [3.8, 4) is 5.69 Å². The van der Waals surface area contributed by atoms with Gasteiger partial charge in [-0.3, -0.25) is 0 Å². The summed E-state index contributed by atoms with van der Waals surface area (Å²) in [5.41, 5.74) is 1.09. The molecule has 0 saturated carbocycles. The van der Waals surface area contributed by atoms with Crippen LogP contribution in [0.25, 0.3) is 5.69 Å². The Labute approximate surface area is 88.2 Å². The Kier molecular flexibility index (Phi) is 2.55. The van der Waals surface area contributed by atoms with Crippen molar-refractivity contribution in [2.45, 2.75) is 12.3 Å². The number of aromatic nitrogens is 2. The lowest BCUT2D eigenvalue weighted by Crippen LogP contribution is -2.00. The maximum absolute atomic E-state index is 6.02. The molecule has 1 unspecified atom stereocenters. The number of rotatable bonds is 2. The molecule has 14 heavy (non-hydrogen) atoms. The van der Waals surface area contributed by atoms with Crippen LogP contribution in [-0.2, 0) is 0 Å². The zero-order valence-electron chi connectivity index (χ0n) is 7.89. The number of alkyl halides is 1. The van der Waals surface area contributed by atoms with Gasteiger partial charge in [0.25, 0.3) is 0 Å². The van der Waals surface area contributed by atoms with E-state index < -0.39 is 0 Å². The Bertz CT molecular complexity index is 406. The molecule has 3 heteroatoms. The molecule has 1 atom stereocenters. The summed E-state index contributed by atoms with van der Waals surface area (Å²) in [6, 6.07) is 10.1. The van der Waals surface area contributed by atoms with Crippen LogP contribution >= 0.6 is 11.6 Å². The third kappa shape index (κ3) is 1.66. The van der Waals surface area contributed by atoms with E-state index >= 15 is 0 Å². The molecule has 72 valence electrons. The van der Waals surface area contributed by atoms with Gasteiger partial charge in [-0.2, -0.15) is 0 Å². The van der Waals surface area contributed by atoms with Crippen molar-refractivity contribution in [2.75, 3.05) is 0 Å². The molecule has 1 heterocycles. The topological polar surface area (TPSA) is 17.8 Å². The van der Waals surface area contributed by atoms with E-state index in [1.807, 2.05) is 48.0 Å². The van der Waals surface area contributed by atoms with E-state index in [0.717, 1.165) is 11.5 Å². The first kappa shape index (κ1) is 9.28. The number of para-hydroxylation sites is 1. The minimum Gasteiger partial charge on any atom is -0.303 e. The summed E-state index contributed by atoms with van der Waals surface area (Å²) >= 11 is 6.02. The van der Waals surface area contributed by atoms with E-state index in [-0.39, 0.29) is 5.38 Å². The number of hydrogen-bond donors (Lipinski definition) is 0. The third-order valence-corrected chi connectivity index (χ3v) is 2.25. The minimum absolute atomic E-state index is 0.0785. The Hall–Kier alpha value is -1.28. The second kappa shape index (κ2) is 3.84. The standard InChI is InChI=1S/C11H11ClN2/c1-9(12)11-13-7-8-14(11)10-5-3-2-4-6-10/h2-9H,1H3. The maximum atomic E-state index is 6.02. The number of hydrogen-bond acceptors (Lipinski definition) is 1. The molecule has 0 amide bonds. The first-order chi connectivity index (χ1) is 6.79. The van der Waals surface area contributed by atoms with E-state index in [1.165, 1.54) is 0 Å². The summed E-state index contributed by atoms with van der Waals surface area (Å²) in [5.74, 6) is 0.873. The maximum Gasteiger partial charge on any atom is 0.131 e. The fourth-order valence-corrected chi connectivity index (χ4v) is 1.58. The van der Waals surface area contributed by atoms with Gasteiger partial charge in [-0.25, -0.2) is 4.98 Å². The summed E-state index contributed by atoms with van der Waals surface area (Å²) in [6.45, 7) is 1.92. The molecule has 1 aromatic carbocycles. The Morgan fingerprint density at radius 3 is 2.64 bits per heavy atom. The van der Waals surface area contributed by atoms with Crippen LogP contribution in [0.5, 0.6) is 0 Å². The summed E-state index contributed by atoms with van der Waals surface area (Å²) in [7, 11) is 0. The molecule has 0 aliphatic heterocycles. The minimum atomic E-state index is -0.0785. The molecule has 0 saturated heterocycles. The van der Waals surface area contributed by atoms with Gasteiger partial charge in [0.2, 0.25) is 0 Å². The fraction of sp³-hybridized carbons (Fsp3) is 0.182. The Balaban J connectivity index is 2.47. The van der Waals surface area contributed by atoms with Gasteiger partial charge in [-0.15, -0.1) is 11.6 Å². The van der Waals surface area contributed by atoms with Gasteiger partial charge in [0.1, 0.15) is 5.82 Å². The normalized spacial score (nSPS) is 12.7. The number of halogens is 1. The van der Waals surface area contributed by atoms with Gasteiger partial charge in [0, 0.05) is 18.1 Å². The lowest BCUT2D eigenvalue weighted by Gasteiger charge is -2.08. The van der Waals surface area contributed by atoms with Crippen LogP contribution in [0.4, 0.5) is 0 Å². The smallest absolute Gasteiger partial charge is 0.131 e. The van der Waals surface area contributed by atoms with Gasteiger partial charge in [-0.05, 0) is 19.1 Å². The van der Waals surface area contributed by atoms with Crippen molar-refractivity contribution in [2.24, 2.45) is 0 Å². The molecule has 0 aliphatic carbocycles. The van der Waals surface area contributed by atoms with Crippen LogP contribution in [0, 0.1) is 0 Å². The molecular weight excluding hydrogens is 196 g/mol. The summed E-state index contributed by atoms with van der Waals surface area (Å²) in [4.78, 5) is 4.22. The van der Waals surface area contributed by atoms with Crippen molar-refractivity contribution < 1.29 is 0 Å². The van der Waals surface area contributed by atoms with Crippen LogP contribution < -0.4 is 0 Å². The number of benzene rings is 1. The quantitative estimate of drug-likeness (QED) is 0.691. The highest BCUT2D eigenvalue weighted by Gasteiger charge is 2.09. The van der Waals surface area contributed by atoms with Crippen molar-refractivity contribution >= 4 is 11.6 Å². The van der Waals surface area contributed by atoms with E-state index in [0.29, 0.717) is 0 Å². The predicted molar refractivity (Wildman–Crippen MR) is 57.8 cm³/mol. The van der Waals surface area contributed by atoms with Gasteiger partial charge in [0.05, 0.1) is 5.38 Å². The predicted octanol–water partition coefficient (Wildman–Crippen LogP) is 3.17. The van der Waals surface area contributed by atoms with Crippen LogP contribution in [0.2, 0.25) is 0 Å². The molecular formula is C11H11ClN2. The summed E-state index contributed by atoms with van der Waals surface area (Å²) < 4.78 is 2.00. The molecule has 2 nitrogen and oxygen atoms in total. The number of imidazole rings is 1. The third-order valence-electron chi connectivity index (χ3n) is 2.06. The van der Waals surface area contributed by atoms with Crippen molar-refractivity contribution in [3.05, 3.63) is 48.5 Å². The van der Waals surface area contributed by atoms with E-state index in [2.05, 4.69) is 4.98 Å². The molecule has 0 N–H and O–H groups in total. The van der Waals surface area contributed by atoms with E-state index in [9.17, 15) is 0 Å². The van der Waals surface area contributed by atoms with Gasteiger partial charge in [0.15, 0.2) is 0 Å². The summed E-state index contributed by atoms with van der Waals surface area (Å²) in [5, 5.41) is -0.0785. The van der Waals surface area contributed by atoms with Gasteiger partial charge in [-0.1, -0.05) is 18.2 Å². The average Bonchev–Trinajstić information content (AvgIpc) is 2.67. The van der Waals surface area contributed by atoms with Crippen molar-refractivity contribution in [1.82, 2.24) is 9.55 Å². The Morgan fingerprint density at radius 2 is 2.00 bits per heavy atom. The van der Waals surface area contributed by atoms with Crippen LogP contribution in [-0.4, -0.2) is 9.55 Å². The Morgan fingerprint density at radius 1 is 1.29 bits per heavy atom. The molecule has 1 aromatic heterocycles. The van der Waals surface area contributed by atoms with E-state index in [4.69, 9.17) is 11.6 Å². The SMILES string of the molecule is CC(Cl)c1nccn1-c1ccccc1. The van der Waals surface area contributed by atoms with Crippen molar-refractivity contribution in [3.63, 3.8) is 0 Å². The molecule has 0 bridgehead atoms. The average molecular weight is 207 g/mol. The van der Waals surface area contributed by atoms with Crippen LogP contribution in [0.15, 0.2) is 42.7 Å². The summed E-state index contributed by atoms with van der Waals surface area (Å²) in [6.07, 6.45) is 3.69. The monoisotopic (exact) mass is 206 g/mol. The molecule has 0 fully saturated rings. The second-order valence-corrected chi connectivity index (χ2v) is 3.76. The lowest BCUT2D eigenvalue weighted by molar-refractivity contribution is 0.867. The molecule has 0 radical (unpaired) electrons. The second-order valence-electron chi connectivity index (χ2n) is 3.11. The highest BCUT2D eigenvalue weighted by Crippen LogP contribution is 2.20. The van der Waals surface area contributed by atoms with Crippen molar-refractivity contribution in [1.29, 1.82) is 0 Å². The fourth-order valence-electron chi connectivity index (χ4n) is 1.42. The highest BCUT2D eigenvalue weighted by atomic mass is 35.5. The zero-order chi connectivity index (χ0) is 9.97. The zero-order valence-corrected chi connectivity index (χ0v) is 8.65. The van der Waals surface area contributed by atoms with Crippen LogP contribution in [0.3, 0.4) is 0 Å². The molecule has 0 aliphatic rings. The largest absolute Gasteiger partial charge is 0.303 e. The number of nitrogens with zero attached hydrogens (tertiary/aromatic N) is 2.